The van der Waals surface area contributed by atoms with Crippen molar-refractivity contribution in [2.24, 2.45) is 0 Å². The van der Waals surface area contributed by atoms with Crippen LogP contribution in [-0.2, 0) is 24.4 Å². The fraction of sp³-hybridized carbons (Fsp3) is 0.500. The summed E-state index contributed by atoms with van der Waals surface area (Å²) < 4.78 is 16.3. The highest BCUT2D eigenvalue weighted by Crippen LogP contribution is 2.34. The lowest BCUT2D eigenvalue weighted by Crippen LogP contribution is -2.38. The van der Waals surface area contributed by atoms with E-state index in [0.29, 0.717) is 36.8 Å². The molecule has 8 heteroatoms. The Morgan fingerprint density at radius 3 is 2.96 bits per heavy atom. The zero-order chi connectivity index (χ0) is 18.3. The van der Waals surface area contributed by atoms with E-state index in [-0.39, 0.29) is 17.8 Å². The van der Waals surface area contributed by atoms with Gasteiger partial charge >= 0.3 is 0 Å². The number of carbonyl (C=O) groups excluding carboxylic acids is 1. The third kappa shape index (κ3) is 3.21. The monoisotopic (exact) mass is 377 g/mol. The first kappa shape index (κ1) is 17.4. The Bertz CT molecular complexity index is 839. The van der Waals surface area contributed by atoms with E-state index in [4.69, 9.17) is 11.6 Å². The first-order valence-electron chi connectivity index (χ1n) is 8.88. The summed E-state index contributed by atoms with van der Waals surface area (Å²) in [6, 6.07) is 4.78. The summed E-state index contributed by atoms with van der Waals surface area (Å²) in [6.45, 7) is 4.83. The predicted molar refractivity (Wildman–Crippen MR) is 94.9 cm³/mol. The van der Waals surface area contributed by atoms with Gasteiger partial charge in [-0.25, -0.2) is 4.39 Å². The van der Waals surface area contributed by atoms with Crippen molar-refractivity contribution in [3.05, 3.63) is 46.3 Å². The number of rotatable bonds is 3. The molecular weight excluding hydrogens is 357 g/mol. The van der Waals surface area contributed by atoms with E-state index in [2.05, 4.69) is 19.7 Å². The number of carbonyl (C=O) groups is 1. The number of fused-ring (bicyclic) bond motifs is 1. The topological polar surface area (TPSA) is 54.3 Å². The van der Waals surface area contributed by atoms with Crippen molar-refractivity contribution in [2.75, 3.05) is 13.1 Å². The lowest BCUT2D eigenvalue weighted by Gasteiger charge is -2.29. The standard InChI is InChI=1S/C18H21ClFN5O/c1-12(26)23-7-8-25-17(11-23)21-22-18(25)16-3-2-6-24(16)10-13-9-14(19)4-5-15(13)20/h4-5,9,16H,2-3,6-8,10-11H2,1H3/t16-/m0/s1. The minimum Gasteiger partial charge on any atom is -0.334 e. The summed E-state index contributed by atoms with van der Waals surface area (Å²) in [5.41, 5.74) is 0.602. The van der Waals surface area contributed by atoms with Crippen LogP contribution in [0.25, 0.3) is 0 Å². The number of hydrogen-bond donors (Lipinski definition) is 0. The number of likely N-dealkylation sites (tertiary alicyclic amines) is 1. The Labute approximate surface area is 156 Å². The van der Waals surface area contributed by atoms with Gasteiger partial charge in [-0.15, -0.1) is 10.2 Å². The van der Waals surface area contributed by atoms with Gasteiger partial charge in [0.05, 0.1) is 12.6 Å². The van der Waals surface area contributed by atoms with Gasteiger partial charge in [0, 0.05) is 37.1 Å². The molecule has 4 rings (SSSR count). The Hall–Kier alpha value is -1.99. The van der Waals surface area contributed by atoms with Crippen LogP contribution < -0.4 is 0 Å². The van der Waals surface area contributed by atoms with Crippen LogP contribution in [0.3, 0.4) is 0 Å². The predicted octanol–water partition coefficient (Wildman–Crippen LogP) is 2.77. The Morgan fingerprint density at radius 2 is 2.15 bits per heavy atom. The molecule has 0 aliphatic carbocycles. The third-order valence-electron chi connectivity index (χ3n) is 5.27. The van der Waals surface area contributed by atoms with E-state index in [1.807, 2.05) is 0 Å². The number of nitrogens with zero attached hydrogens (tertiary/aromatic N) is 5. The van der Waals surface area contributed by atoms with Crippen LogP contribution in [0.5, 0.6) is 0 Å². The highest BCUT2D eigenvalue weighted by Gasteiger charge is 2.33. The lowest BCUT2D eigenvalue weighted by molar-refractivity contribution is -0.130. The summed E-state index contributed by atoms with van der Waals surface area (Å²) in [5, 5.41) is 9.27. The normalized spacial score (nSPS) is 20.4. The summed E-state index contributed by atoms with van der Waals surface area (Å²) in [6.07, 6.45) is 2.01. The molecule has 0 unspecified atom stereocenters. The Kier molecular flexibility index (Phi) is 4.67. The van der Waals surface area contributed by atoms with Crippen molar-refractivity contribution in [2.45, 2.75) is 45.4 Å². The van der Waals surface area contributed by atoms with Gasteiger partial charge in [0.25, 0.3) is 0 Å². The number of aromatic nitrogens is 3. The average molecular weight is 378 g/mol. The molecular formula is C18H21ClFN5O. The van der Waals surface area contributed by atoms with Crippen molar-refractivity contribution >= 4 is 17.5 Å². The van der Waals surface area contributed by atoms with E-state index >= 15 is 0 Å². The van der Waals surface area contributed by atoms with Crippen molar-refractivity contribution in [3.63, 3.8) is 0 Å². The second kappa shape index (κ2) is 6.96. The number of benzene rings is 1. The average Bonchev–Trinajstić information content (AvgIpc) is 3.23. The zero-order valence-corrected chi connectivity index (χ0v) is 15.4. The highest BCUT2D eigenvalue weighted by molar-refractivity contribution is 6.30. The first-order chi connectivity index (χ1) is 12.5. The maximum atomic E-state index is 14.1. The first-order valence-corrected chi connectivity index (χ1v) is 9.26. The van der Waals surface area contributed by atoms with Crippen LogP contribution in [0.2, 0.25) is 5.02 Å². The quantitative estimate of drug-likeness (QED) is 0.825. The molecule has 6 nitrogen and oxygen atoms in total. The molecule has 26 heavy (non-hydrogen) atoms. The molecule has 1 fully saturated rings. The summed E-state index contributed by atoms with van der Waals surface area (Å²) in [4.78, 5) is 15.6. The maximum Gasteiger partial charge on any atom is 0.219 e. The molecule has 2 aliphatic rings. The molecule has 0 saturated carbocycles. The van der Waals surface area contributed by atoms with E-state index in [1.165, 1.54) is 6.07 Å². The fourth-order valence-electron chi connectivity index (χ4n) is 3.89. The zero-order valence-electron chi connectivity index (χ0n) is 14.7. The van der Waals surface area contributed by atoms with Crippen LogP contribution in [0.1, 0.15) is 43.0 Å². The third-order valence-corrected chi connectivity index (χ3v) is 5.51. The van der Waals surface area contributed by atoms with Crippen LogP contribution in [-0.4, -0.2) is 43.6 Å². The minimum atomic E-state index is -0.236. The van der Waals surface area contributed by atoms with Gasteiger partial charge in [-0.3, -0.25) is 9.69 Å². The van der Waals surface area contributed by atoms with Crippen LogP contribution >= 0.6 is 11.6 Å². The van der Waals surface area contributed by atoms with Crippen LogP contribution in [0.15, 0.2) is 18.2 Å². The molecule has 1 atom stereocenters. The number of amides is 1. The van der Waals surface area contributed by atoms with Crippen molar-refractivity contribution < 1.29 is 9.18 Å². The van der Waals surface area contributed by atoms with E-state index in [9.17, 15) is 9.18 Å². The maximum absolute atomic E-state index is 14.1. The molecule has 0 spiro atoms. The second-order valence-electron chi connectivity index (χ2n) is 6.93. The number of hydrogen-bond acceptors (Lipinski definition) is 4. The molecule has 0 bridgehead atoms. The highest BCUT2D eigenvalue weighted by atomic mass is 35.5. The molecule has 1 aromatic carbocycles. The molecule has 0 radical (unpaired) electrons. The van der Waals surface area contributed by atoms with E-state index < -0.39 is 0 Å². The summed E-state index contributed by atoms with van der Waals surface area (Å²) >= 11 is 6.03. The molecule has 2 aromatic rings. The van der Waals surface area contributed by atoms with Crippen molar-refractivity contribution in [1.29, 1.82) is 0 Å². The van der Waals surface area contributed by atoms with Gasteiger partial charge in [0.2, 0.25) is 5.91 Å². The minimum absolute atomic E-state index is 0.0553. The van der Waals surface area contributed by atoms with Gasteiger partial charge in [0.1, 0.15) is 5.82 Å². The largest absolute Gasteiger partial charge is 0.334 e. The van der Waals surface area contributed by atoms with Crippen molar-refractivity contribution in [1.82, 2.24) is 24.6 Å². The smallest absolute Gasteiger partial charge is 0.219 e. The molecule has 3 heterocycles. The van der Waals surface area contributed by atoms with E-state index in [1.54, 1.807) is 24.0 Å². The van der Waals surface area contributed by atoms with Gasteiger partial charge in [-0.05, 0) is 37.6 Å². The molecule has 1 saturated heterocycles. The number of halogens is 2. The Balaban J connectivity index is 1.56. The fourth-order valence-corrected chi connectivity index (χ4v) is 4.08. The van der Waals surface area contributed by atoms with Gasteiger partial charge in [-0.2, -0.15) is 0 Å². The van der Waals surface area contributed by atoms with Crippen LogP contribution in [0.4, 0.5) is 4.39 Å². The summed E-state index contributed by atoms with van der Waals surface area (Å²) in [7, 11) is 0. The molecule has 1 aromatic heterocycles. The second-order valence-corrected chi connectivity index (χ2v) is 7.37. The van der Waals surface area contributed by atoms with Crippen LogP contribution in [0, 0.1) is 5.82 Å². The molecule has 1 amide bonds. The van der Waals surface area contributed by atoms with Crippen molar-refractivity contribution in [3.8, 4) is 0 Å². The van der Waals surface area contributed by atoms with Gasteiger partial charge in [0.15, 0.2) is 11.6 Å². The van der Waals surface area contributed by atoms with E-state index in [0.717, 1.165) is 31.0 Å². The van der Waals surface area contributed by atoms with Gasteiger partial charge in [-0.1, -0.05) is 11.6 Å². The SMILES string of the molecule is CC(=O)N1CCn2c(nnc2[C@@H]2CCCN2Cc2cc(Cl)ccc2F)C1. The molecule has 2 aliphatic heterocycles. The lowest BCUT2D eigenvalue weighted by atomic mass is 10.1. The summed E-state index contributed by atoms with van der Waals surface area (Å²) in [5.74, 6) is 1.56. The Morgan fingerprint density at radius 1 is 1.31 bits per heavy atom. The molecule has 138 valence electrons. The molecule has 0 N–H and O–H groups in total. The van der Waals surface area contributed by atoms with Gasteiger partial charge < -0.3 is 9.47 Å².